The Labute approximate surface area is 271 Å². The highest BCUT2D eigenvalue weighted by molar-refractivity contribution is 5.90. The van der Waals surface area contributed by atoms with Crippen LogP contribution in [0.1, 0.15) is 36.8 Å². The maximum atomic E-state index is 13.1. The average Bonchev–Trinajstić information content (AvgIpc) is 3.42. The summed E-state index contributed by atoms with van der Waals surface area (Å²) in [6.07, 6.45) is -1.31. The summed E-state index contributed by atoms with van der Waals surface area (Å²) in [6, 6.07) is 22.4. The zero-order chi connectivity index (χ0) is 34.2. The molecular formula is C34H40F3N3O7. The molecule has 2 amide bonds. The molecule has 0 aromatic heterocycles. The number of carboxylic acid groups (broad SMARTS) is 1. The molecule has 1 heterocycles. The van der Waals surface area contributed by atoms with Crippen LogP contribution >= 0.6 is 0 Å². The first-order valence-corrected chi connectivity index (χ1v) is 15.0. The third-order valence-corrected chi connectivity index (χ3v) is 8.74. The van der Waals surface area contributed by atoms with Crippen LogP contribution in [0.3, 0.4) is 0 Å². The number of hydrogen-bond acceptors (Lipinski definition) is 7. The highest BCUT2D eigenvalue weighted by Gasteiger charge is 2.51. The van der Waals surface area contributed by atoms with Gasteiger partial charge in [-0.2, -0.15) is 13.2 Å². The molecule has 10 nitrogen and oxygen atoms in total. The number of fused-ring (bicyclic) bond motifs is 1. The molecule has 0 bridgehead atoms. The minimum atomic E-state index is -5.08. The van der Waals surface area contributed by atoms with Crippen LogP contribution in [-0.2, 0) is 16.8 Å². The van der Waals surface area contributed by atoms with Crippen molar-refractivity contribution in [2.75, 3.05) is 40.3 Å². The Kier molecular flexibility index (Phi) is 11.5. The maximum absolute atomic E-state index is 13.1. The summed E-state index contributed by atoms with van der Waals surface area (Å²) in [5.74, 6) is -0.0286. The normalized spacial score (nSPS) is 20.6. The molecule has 1 aliphatic carbocycles. The number of amides is 2. The highest BCUT2D eigenvalue weighted by Crippen LogP contribution is 2.50. The second-order valence-corrected chi connectivity index (χ2v) is 11.4. The summed E-state index contributed by atoms with van der Waals surface area (Å²) in [7, 11) is 6.53. The van der Waals surface area contributed by atoms with Crippen LogP contribution in [-0.4, -0.2) is 75.3 Å². The summed E-state index contributed by atoms with van der Waals surface area (Å²) in [5, 5.41) is 13.3. The summed E-state index contributed by atoms with van der Waals surface area (Å²) in [4.78, 5) is 24.6. The zero-order valence-corrected chi connectivity index (χ0v) is 26.7. The Hall–Kier alpha value is -4.65. The fourth-order valence-corrected chi connectivity index (χ4v) is 6.50. The average molecular weight is 660 g/mol. The molecule has 3 aromatic carbocycles. The lowest BCUT2D eigenvalue weighted by Crippen LogP contribution is -2.52. The first-order valence-electron chi connectivity index (χ1n) is 15.0. The fourth-order valence-electron chi connectivity index (χ4n) is 6.50. The van der Waals surface area contributed by atoms with Gasteiger partial charge in [-0.1, -0.05) is 36.4 Å². The van der Waals surface area contributed by atoms with E-state index in [-0.39, 0.29) is 23.5 Å². The molecule has 1 saturated carbocycles. The van der Waals surface area contributed by atoms with Gasteiger partial charge < -0.3 is 34.7 Å². The van der Waals surface area contributed by atoms with E-state index in [1.54, 1.807) is 46.6 Å². The Morgan fingerprint density at radius 2 is 1.53 bits per heavy atom. The third-order valence-electron chi connectivity index (χ3n) is 8.74. The number of hydrogen-bond donors (Lipinski definition) is 3. The van der Waals surface area contributed by atoms with E-state index < -0.39 is 12.1 Å². The van der Waals surface area contributed by atoms with Crippen molar-refractivity contribution in [1.29, 1.82) is 0 Å². The van der Waals surface area contributed by atoms with Crippen molar-refractivity contribution in [2.24, 2.45) is 0 Å². The van der Waals surface area contributed by atoms with Gasteiger partial charge in [0.05, 0.1) is 28.4 Å². The molecule has 1 aliphatic heterocycles. The summed E-state index contributed by atoms with van der Waals surface area (Å²) < 4.78 is 53.6. The molecule has 0 radical (unpaired) electrons. The molecule has 2 aliphatic rings. The van der Waals surface area contributed by atoms with Crippen LogP contribution in [0.25, 0.3) is 0 Å². The molecule has 1 saturated heterocycles. The molecule has 2 fully saturated rings. The lowest BCUT2D eigenvalue weighted by atomic mass is 9.65. The minimum absolute atomic E-state index is 0.0247. The number of rotatable bonds is 9. The predicted molar refractivity (Wildman–Crippen MR) is 170 cm³/mol. The number of methoxy groups -OCH3 is 4. The Morgan fingerprint density at radius 3 is 2.11 bits per heavy atom. The molecule has 3 aromatic rings. The number of anilines is 1. The van der Waals surface area contributed by atoms with Crippen molar-refractivity contribution in [3.8, 4) is 23.0 Å². The molecule has 13 heteroatoms. The maximum Gasteiger partial charge on any atom is 0.490 e. The van der Waals surface area contributed by atoms with Crippen molar-refractivity contribution >= 4 is 17.7 Å². The number of carbonyl (C=O) groups excluding carboxylic acids is 1. The van der Waals surface area contributed by atoms with Gasteiger partial charge in [0.1, 0.15) is 11.5 Å². The number of nitrogens with zero attached hydrogens (tertiary/aromatic N) is 1. The number of ether oxygens (including phenoxy) is 4. The van der Waals surface area contributed by atoms with Gasteiger partial charge in [-0.3, -0.25) is 4.90 Å². The SMILES string of the molecule is COc1cc(NC(=O)N[C@@H]2CC[C@@]3(c4ccc(OC)c(OC)c4)CCN(Cc4ccccc4)[C@H]3C2)cc(OC)c1.O=C(O)C(F)(F)F. The number of benzene rings is 3. The van der Waals surface area contributed by atoms with E-state index in [9.17, 15) is 18.0 Å². The van der Waals surface area contributed by atoms with E-state index in [0.717, 1.165) is 50.3 Å². The van der Waals surface area contributed by atoms with Crippen LogP contribution in [0, 0.1) is 0 Å². The number of nitrogens with one attached hydrogen (secondary N) is 2. The number of likely N-dealkylation sites (tertiary alicyclic amines) is 1. The van der Waals surface area contributed by atoms with E-state index in [4.69, 9.17) is 28.8 Å². The second kappa shape index (κ2) is 15.3. The van der Waals surface area contributed by atoms with Gasteiger partial charge in [-0.15, -0.1) is 0 Å². The number of alkyl halides is 3. The van der Waals surface area contributed by atoms with Gasteiger partial charge in [0.15, 0.2) is 11.5 Å². The standard InChI is InChI=1S/C32H39N3O5.C2HF3O2/c1-37-26-17-25(18-27(20-26)38-2)34-31(36)33-24-12-13-32(23-10-11-28(39-3)29(16-23)40-4)14-15-35(30(32)19-24)21-22-8-6-5-7-9-22;3-2(4,5)1(6)7/h5-11,16-18,20,24,30H,12-15,19,21H2,1-4H3,(H2,33,34,36);(H,6,7)/t24-,30+,32+;/m1./s1. The van der Waals surface area contributed by atoms with E-state index in [2.05, 4.69) is 58.0 Å². The van der Waals surface area contributed by atoms with Crippen molar-refractivity contribution in [3.63, 3.8) is 0 Å². The third kappa shape index (κ3) is 8.59. The molecular weight excluding hydrogens is 619 g/mol. The topological polar surface area (TPSA) is 119 Å². The lowest BCUT2D eigenvalue weighted by Gasteiger charge is -2.45. The van der Waals surface area contributed by atoms with Crippen molar-refractivity contribution in [1.82, 2.24) is 10.2 Å². The minimum Gasteiger partial charge on any atom is -0.497 e. The van der Waals surface area contributed by atoms with Crippen molar-refractivity contribution in [2.45, 2.75) is 55.9 Å². The monoisotopic (exact) mass is 659 g/mol. The lowest BCUT2D eigenvalue weighted by molar-refractivity contribution is -0.192. The molecule has 0 spiro atoms. The van der Waals surface area contributed by atoms with E-state index in [1.165, 1.54) is 11.1 Å². The molecule has 254 valence electrons. The molecule has 47 heavy (non-hydrogen) atoms. The van der Waals surface area contributed by atoms with Crippen LogP contribution in [0.2, 0.25) is 0 Å². The number of halogens is 3. The van der Waals surface area contributed by atoms with Crippen LogP contribution in [0.4, 0.5) is 23.7 Å². The predicted octanol–water partition coefficient (Wildman–Crippen LogP) is 6.24. The number of carbonyl (C=O) groups is 2. The quantitative estimate of drug-likeness (QED) is 0.247. The van der Waals surface area contributed by atoms with Crippen molar-refractivity contribution < 1.29 is 46.8 Å². The number of aliphatic carboxylic acids is 1. The smallest absolute Gasteiger partial charge is 0.490 e. The first-order chi connectivity index (χ1) is 22.4. The fraction of sp³-hybridized carbons (Fsp3) is 0.412. The molecule has 3 N–H and O–H groups in total. The number of urea groups is 1. The van der Waals surface area contributed by atoms with Crippen LogP contribution in [0.5, 0.6) is 23.0 Å². The molecule has 5 rings (SSSR count). The summed E-state index contributed by atoms with van der Waals surface area (Å²) in [5.41, 5.74) is 3.17. The van der Waals surface area contributed by atoms with Gasteiger partial charge in [-0.05, 0) is 55.5 Å². The first kappa shape index (κ1) is 35.2. The summed E-state index contributed by atoms with van der Waals surface area (Å²) >= 11 is 0. The largest absolute Gasteiger partial charge is 0.497 e. The van der Waals surface area contributed by atoms with Gasteiger partial charge in [-0.25, -0.2) is 9.59 Å². The van der Waals surface area contributed by atoms with Crippen molar-refractivity contribution in [3.05, 3.63) is 77.9 Å². The van der Waals surface area contributed by atoms with Crippen LogP contribution in [0.15, 0.2) is 66.7 Å². The second-order valence-electron chi connectivity index (χ2n) is 11.4. The van der Waals surface area contributed by atoms with Gasteiger partial charge >= 0.3 is 18.2 Å². The molecule has 0 unspecified atom stereocenters. The molecule has 3 atom stereocenters. The van der Waals surface area contributed by atoms with Crippen LogP contribution < -0.4 is 29.6 Å². The van der Waals surface area contributed by atoms with Gasteiger partial charge in [0, 0.05) is 47.9 Å². The zero-order valence-electron chi connectivity index (χ0n) is 26.7. The van der Waals surface area contributed by atoms with Gasteiger partial charge in [0.2, 0.25) is 0 Å². The van der Waals surface area contributed by atoms with Gasteiger partial charge in [0.25, 0.3) is 0 Å². The van der Waals surface area contributed by atoms with E-state index >= 15 is 0 Å². The van der Waals surface area contributed by atoms with E-state index in [0.29, 0.717) is 17.2 Å². The van der Waals surface area contributed by atoms with E-state index in [1.807, 2.05) is 6.07 Å². The summed E-state index contributed by atoms with van der Waals surface area (Å²) in [6.45, 7) is 1.87. The highest BCUT2D eigenvalue weighted by atomic mass is 19.4. The Bertz CT molecular complexity index is 1500. The number of carboxylic acids is 1. The Morgan fingerprint density at radius 1 is 0.894 bits per heavy atom. The Balaban J connectivity index is 0.000000644.